The zero-order valence-electron chi connectivity index (χ0n) is 19.3. The van der Waals surface area contributed by atoms with Gasteiger partial charge in [0.25, 0.3) is 0 Å². The van der Waals surface area contributed by atoms with Crippen LogP contribution in [0.25, 0.3) is 0 Å². The molecule has 1 aromatic rings. The van der Waals surface area contributed by atoms with E-state index in [2.05, 4.69) is 13.5 Å². The third-order valence-corrected chi connectivity index (χ3v) is 8.74. The summed E-state index contributed by atoms with van der Waals surface area (Å²) in [5.74, 6) is 3.47. The van der Waals surface area contributed by atoms with Crippen molar-refractivity contribution in [1.82, 2.24) is 0 Å². The number of fused-ring (bicyclic) bond motifs is 1. The van der Waals surface area contributed by atoms with Crippen LogP contribution in [0.15, 0.2) is 24.8 Å². The number of hydrogen-bond acceptors (Lipinski definition) is 1. The van der Waals surface area contributed by atoms with Crippen LogP contribution >= 0.6 is 0 Å². The molecule has 4 rings (SSSR count). The molecule has 3 aliphatic carbocycles. The highest BCUT2D eigenvalue weighted by molar-refractivity contribution is 5.33. The molecule has 0 aliphatic heterocycles. The summed E-state index contributed by atoms with van der Waals surface area (Å²) in [6.45, 7) is 5.97. The summed E-state index contributed by atoms with van der Waals surface area (Å²) in [4.78, 5) is 0. The van der Waals surface area contributed by atoms with Gasteiger partial charge in [0.15, 0.2) is 17.4 Å². The van der Waals surface area contributed by atoms with Crippen molar-refractivity contribution >= 4 is 0 Å². The Morgan fingerprint density at radius 3 is 2.10 bits per heavy atom. The van der Waals surface area contributed by atoms with Crippen molar-refractivity contribution in [1.29, 1.82) is 0 Å². The van der Waals surface area contributed by atoms with E-state index in [0.29, 0.717) is 0 Å². The molecule has 0 N–H and O–H groups in total. The van der Waals surface area contributed by atoms with Gasteiger partial charge in [-0.2, -0.15) is 0 Å². The molecule has 0 heterocycles. The van der Waals surface area contributed by atoms with Crippen molar-refractivity contribution in [2.45, 2.75) is 89.9 Å². The minimum absolute atomic E-state index is 0.112. The average molecular weight is 431 g/mol. The number of hydrogen-bond donors (Lipinski definition) is 0. The molecule has 3 saturated carbocycles. The first-order valence-electron chi connectivity index (χ1n) is 12.8. The van der Waals surface area contributed by atoms with Crippen LogP contribution in [0, 0.1) is 41.2 Å². The molecule has 4 unspecified atom stereocenters. The van der Waals surface area contributed by atoms with Crippen LogP contribution in [0.3, 0.4) is 0 Å². The SMILES string of the molecule is C=CCOc1c(F)cc(C2CCC(C3CCC4CC(CCC)CCC4C3)CC2)cc1F. The maximum Gasteiger partial charge on any atom is 0.191 e. The van der Waals surface area contributed by atoms with Gasteiger partial charge in [0.2, 0.25) is 0 Å². The first-order valence-corrected chi connectivity index (χ1v) is 12.8. The van der Waals surface area contributed by atoms with Crippen LogP contribution in [0.2, 0.25) is 0 Å². The van der Waals surface area contributed by atoms with Crippen molar-refractivity contribution in [3.05, 3.63) is 42.0 Å². The van der Waals surface area contributed by atoms with E-state index in [9.17, 15) is 8.78 Å². The van der Waals surface area contributed by atoms with E-state index in [4.69, 9.17) is 4.74 Å². The first-order chi connectivity index (χ1) is 15.1. The van der Waals surface area contributed by atoms with Gasteiger partial charge < -0.3 is 4.74 Å². The largest absolute Gasteiger partial charge is 0.483 e. The maximum atomic E-state index is 14.4. The van der Waals surface area contributed by atoms with E-state index >= 15 is 0 Å². The van der Waals surface area contributed by atoms with Crippen LogP contribution in [0.1, 0.15) is 95.5 Å². The van der Waals surface area contributed by atoms with Crippen LogP contribution in [-0.2, 0) is 0 Å². The van der Waals surface area contributed by atoms with E-state index in [1.807, 2.05) is 0 Å². The molecule has 3 aliphatic rings. The summed E-state index contributed by atoms with van der Waals surface area (Å²) in [5.41, 5.74) is 0.803. The number of ether oxygens (including phenoxy) is 1. The number of halogens is 2. The van der Waals surface area contributed by atoms with E-state index in [-0.39, 0.29) is 18.3 Å². The summed E-state index contributed by atoms with van der Waals surface area (Å²) >= 11 is 0. The second kappa shape index (κ2) is 10.5. The average Bonchev–Trinajstić information content (AvgIpc) is 2.78. The third-order valence-electron chi connectivity index (χ3n) is 8.74. The lowest BCUT2D eigenvalue weighted by Crippen LogP contribution is -2.34. The zero-order chi connectivity index (χ0) is 21.8. The van der Waals surface area contributed by atoms with E-state index < -0.39 is 11.6 Å². The van der Waals surface area contributed by atoms with Gasteiger partial charge in [-0.1, -0.05) is 38.8 Å². The Morgan fingerprint density at radius 1 is 0.871 bits per heavy atom. The van der Waals surface area contributed by atoms with Crippen LogP contribution in [0.5, 0.6) is 5.75 Å². The van der Waals surface area contributed by atoms with Gasteiger partial charge in [0.05, 0.1) is 0 Å². The van der Waals surface area contributed by atoms with Gasteiger partial charge in [0, 0.05) is 0 Å². The molecule has 0 spiro atoms. The Kier molecular flexibility index (Phi) is 7.72. The second-order valence-electron chi connectivity index (χ2n) is 10.6. The van der Waals surface area contributed by atoms with Gasteiger partial charge in [-0.15, -0.1) is 0 Å². The summed E-state index contributed by atoms with van der Waals surface area (Å²) in [7, 11) is 0. The van der Waals surface area contributed by atoms with Gasteiger partial charge in [-0.25, -0.2) is 8.78 Å². The molecule has 1 nitrogen and oxygen atoms in total. The lowest BCUT2D eigenvalue weighted by atomic mass is 9.60. The summed E-state index contributed by atoms with van der Waals surface area (Å²) in [6.07, 6.45) is 17.5. The predicted molar refractivity (Wildman–Crippen MR) is 123 cm³/mol. The minimum atomic E-state index is -0.587. The van der Waals surface area contributed by atoms with Crippen LogP contribution in [0.4, 0.5) is 8.78 Å². The molecule has 0 radical (unpaired) electrons. The Labute approximate surface area is 187 Å². The number of rotatable bonds is 7. The smallest absolute Gasteiger partial charge is 0.191 e. The molecule has 31 heavy (non-hydrogen) atoms. The highest BCUT2D eigenvalue weighted by Crippen LogP contribution is 2.50. The van der Waals surface area contributed by atoms with Crippen LogP contribution in [-0.4, -0.2) is 6.61 Å². The Hall–Kier alpha value is -1.38. The lowest BCUT2D eigenvalue weighted by molar-refractivity contribution is 0.0617. The van der Waals surface area contributed by atoms with Crippen molar-refractivity contribution in [2.75, 3.05) is 6.61 Å². The fourth-order valence-electron chi connectivity index (χ4n) is 7.14. The molecule has 0 bridgehead atoms. The standard InChI is InChI=1S/C28H40F2O/c1-3-5-19-6-7-24-16-23(13-12-22(24)15-19)20-8-10-21(11-9-20)25-17-26(29)28(27(30)18-25)31-14-4-2/h4,17-24H,2-3,5-16H2,1H3. The predicted octanol–water partition coefficient (Wildman–Crippen LogP) is 8.44. The topological polar surface area (TPSA) is 9.23 Å². The Balaban J connectivity index is 1.30. The third kappa shape index (κ3) is 5.34. The molecular formula is C28H40F2O. The quantitative estimate of drug-likeness (QED) is 0.394. The molecule has 3 fully saturated rings. The van der Waals surface area contributed by atoms with Gasteiger partial charge in [0.1, 0.15) is 6.61 Å². The van der Waals surface area contributed by atoms with E-state index in [0.717, 1.165) is 48.0 Å². The molecule has 0 aromatic heterocycles. The molecule has 172 valence electrons. The Morgan fingerprint density at radius 2 is 1.45 bits per heavy atom. The molecule has 1 aromatic carbocycles. The van der Waals surface area contributed by atoms with E-state index in [1.54, 1.807) is 0 Å². The molecule has 0 saturated heterocycles. The zero-order valence-corrected chi connectivity index (χ0v) is 19.3. The van der Waals surface area contributed by atoms with Crippen molar-refractivity contribution in [2.24, 2.45) is 29.6 Å². The number of benzene rings is 1. The van der Waals surface area contributed by atoms with Gasteiger partial charge >= 0.3 is 0 Å². The van der Waals surface area contributed by atoms with Crippen molar-refractivity contribution in [3.8, 4) is 5.75 Å². The molecule has 0 amide bonds. The normalized spacial score (nSPS) is 33.5. The van der Waals surface area contributed by atoms with Gasteiger partial charge in [-0.3, -0.25) is 0 Å². The lowest BCUT2D eigenvalue weighted by Gasteiger charge is -2.45. The maximum absolute atomic E-state index is 14.4. The monoisotopic (exact) mass is 430 g/mol. The van der Waals surface area contributed by atoms with Crippen molar-refractivity contribution < 1.29 is 13.5 Å². The van der Waals surface area contributed by atoms with Crippen molar-refractivity contribution in [3.63, 3.8) is 0 Å². The summed E-state index contributed by atoms with van der Waals surface area (Å²) in [5, 5.41) is 0. The van der Waals surface area contributed by atoms with Gasteiger partial charge in [-0.05, 0) is 111 Å². The molecule has 4 atom stereocenters. The minimum Gasteiger partial charge on any atom is -0.483 e. The fourth-order valence-corrected chi connectivity index (χ4v) is 7.14. The fraction of sp³-hybridized carbons (Fsp3) is 0.714. The highest BCUT2D eigenvalue weighted by Gasteiger charge is 2.38. The Bertz CT molecular complexity index is 714. The van der Waals surface area contributed by atoms with Crippen LogP contribution < -0.4 is 4.74 Å². The summed E-state index contributed by atoms with van der Waals surface area (Å²) < 4.78 is 33.9. The summed E-state index contributed by atoms with van der Waals surface area (Å²) in [6, 6.07) is 2.99. The molecular weight excluding hydrogens is 390 g/mol. The van der Waals surface area contributed by atoms with E-state index in [1.165, 1.54) is 82.4 Å². The molecule has 3 heteroatoms. The highest BCUT2D eigenvalue weighted by atomic mass is 19.1. The first kappa shape index (κ1) is 22.8. The second-order valence-corrected chi connectivity index (χ2v) is 10.6.